The Balaban J connectivity index is 1.80. The van der Waals surface area contributed by atoms with Gasteiger partial charge in [0.25, 0.3) is 0 Å². The first-order chi connectivity index (χ1) is 13.5. The maximum absolute atomic E-state index is 12.5. The Kier molecular flexibility index (Phi) is 5.40. The summed E-state index contributed by atoms with van der Waals surface area (Å²) in [6.07, 6.45) is 0.641. The second-order valence-corrected chi connectivity index (χ2v) is 8.33. The number of ether oxygens (including phenoxy) is 2. The van der Waals surface area contributed by atoms with E-state index in [1.54, 1.807) is 45.0 Å². The topological polar surface area (TPSA) is 113 Å². The van der Waals surface area contributed by atoms with E-state index in [0.29, 0.717) is 5.56 Å². The quantitative estimate of drug-likeness (QED) is 0.437. The molecule has 1 unspecified atom stereocenters. The predicted octanol–water partition coefficient (Wildman–Crippen LogP) is 1.67. The molecular formula is C21H25NO7. The van der Waals surface area contributed by atoms with Gasteiger partial charge in [0.05, 0.1) is 23.5 Å². The average Bonchev–Trinajstić information content (AvgIpc) is 2.95. The summed E-state index contributed by atoms with van der Waals surface area (Å²) in [7, 11) is 0. The van der Waals surface area contributed by atoms with Crippen molar-refractivity contribution in [2.75, 3.05) is 6.79 Å². The number of aromatic hydroxyl groups is 1. The van der Waals surface area contributed by atoms with Gasteiger partial charge in [0.2, 0.25) is 12.7 Å². The van der Waals surface area contributed by atoms with Gasteiger partial charge in [-0.15, -0.1) is 0 Å². The molecule has 8 heteroatoms. The van der Waals surface area contributed by atoms with Crippen LogP contribution in [-0.4, -0.2) is 51.9 Å². The number of rotatable bonds is 5. The summed E-state index contributed by atoms with van der Waals surface area (Å²) in [4.78, 5) is 38.2. The fourth-order valence-electron chi connectivity index (χ4n) is 3.67. The highest BCUT2D eigenvalue weighted by Crippen LogP contribution is 2.49. The number of β-lactam (4-membered cyclic amide) rings is 1. The van der Waals surface area contributed by atoms with Gasteiger partial charge in [-0.3, -0.25) is 9.59 Å². The van der Waals surface area contributed by atoms with E-state index < -0.39 is 54.0 Å². The number of amides is 1. The number of hydrogen-bond acceptors (Lipinski definition) is 7. The van der Waals surface area contributed by atoms with Gasteiger partial charge in [0.1, 0.15) is 11.4 Å². The van der Waals surface area contributed by atoms with E-state index in [1.807, 2.05) is 0 Å². The Labute approximate surface area is 168 Å². The lowest BCUT2D eigenvalue weighted by Crippen LogP contribution is -2.63. The van der Waals surface area contributed by atoms with Crippen LogP contribution < -0.4 is 0 Å². The number of carbonyl (C=O) groups excluding carboxylic acids is 3. The molecule has 0 radical (unpaired) electrons. The van der Waals surface area contributed by atoms with Crippen molar-refractivity contribution < 1.29 is 34.1 Å². The molecule has 1 fully saturated rings. The van der Waals surface area contributed by atoms with Gasteiger partial charge >= 0.3 is 11.9 Å². The molecule has 2 heterocycles. The molecule has 2 N–H and O–H groups in total. The third-order valence-electron chi connectivity index (χ3n) is 5.17. The van der Waals surface area contributed by atoms with Crippen LogP contribution in [-0.2, 0) is 23.9 Å². The molecule has 156 valence electrons. The van der Waals surface area contributed by atoms with Crippen LogP contribution in [0.3, 0.4) is 0 Å². The van der Waals surface area contributed by atoms with Gasteiger partial charge in [-0.05, 0) is 39.8 Å². The molecule has 1 amide bonds. The zero-order valence-corrected chi connectivity index (χ0v) is 16.8. The number of hydrogen-bond donors (Lipinski definition) is 2. The first kappa shape index (κ1) is 20.9. The average molecular weight is 403 g/mol. The SMILES string of the molecule is C[C@@H](O)[C@H]1C(=O)N2C(C(=O)OCOC(=O)C(C)(C)C)=CC(c3ccccc3O)[C@H]12. The van der Waals surface area contributed by atoms with Crippen molar-refractivity contribution in [3.63, 3.8) is 0 Å². The zero-order chi connectivity index (χ0) is 21.5. The van der Waals surface area contributed by atoms with Crippen molar-refractivity contribution in [2.45, 2.75) is 45.8 Å². The Morgan fingerprint density at radius 3 is 2.45 bits per heavy atom. The Bertz CT molecular complexity index is 868. The molecule has 2 aliphatic rings. The zero-order valence-electron chi connectivity index (χ0n) is 16.8. The molecule has 2 aliphatic heterocycles. The lowest BCUT2D eigenvalue weighted by atomic mass is 9.76. The third-order valence-corrected chi connectivity index (χ3v) is 5.17. The standard InChI is InChI=1S/C21H25NO7/c1-11(23)16-17-13(12-7-5-6-8-15(12)24)9-14(22(17)18(16)25)19(26)28-10-29-20(27)21(2,3)4/h5-9,11,13,16-17,23-24H,10H2,1-4H3/t11-,13?,16-,17-/m1/s1. The fourth-order valence-corrected chi connectivity index (χ4v) is 3.67. The molecule has 3 rings (SSSR count). The highest BCUT2D eigenvalue weighted by atomic mass is 16.7. The first-order valence-electron chi connectivity index (χ1n) is 9.39. The van der Waals surface area contributed by atoms with Crippen molar-refractivity contribution >= 4 is 17.8 Å². The maximum Gasteiger partial charge on any atom is 0.357 e. The molecule has 0 spiro atoms. The van der Waals surface area contributed by atoms with E-state index >= 15 is 0 Å². The number of nitrogens with zero attached hydrogens (tertiary/aromatic N) is 1. The van der Waals surface area contributed by atoms with Crippen molar-refractivity contribution in [2.24, 2.45) is 11.3 Å². The molecule has 1 saturated heterocycles. The molecule has 1 aromatic rings. The summed E-state index contributed by atoms with van der Waals surface area (Å²) >= 11 is 0. The predicted molar refractivity (Wildman–Crippen MR) is 101 cm³/mol. The van der Waals surface area contributed by atoms with E-state index in [0.717, 1.165) is 0 Å². The van der Waals surface area contributed by atoms with Crippen LogP contribution in [0.15, 0.2) is 36.0 Å². The number of aliphatic hydroxyl groups is 1. The molecule has 0 aromatic heterocycles. The second-order valence-electron chi connectivity index (χ2n) is 8.33. The van der Waals surface area contributed by atoms with Gasteiger partial charge < -0.3 is 24.6 Å². The minimum absolute atomic E-state index is 0.0111. The fraction of sp³-hybridized carbons (Fsp3) is 0.476. The number of carbonyl (C=O) groups is 3. The highest BCUT2D eigenvalue weighted by molar-refractivity contribution is 6.00. The van der Waals surface area contributed by atoms with Crippen molar-refractivity contribution in [1.82, 2.24) is 4.90 Å². The van der Waals surface area contributed by atoms with E-state index in [9.17, 15) is 24.6 Å². The molecule has 4 atom stereocenters. The molecule has 8 nitrogen and oxygen atoms in total. The monoisotopic (exact) mass is 403 g/mol. The number of phenols is 1. The molecule has 29 heavy (non-hydrogen) atoms. The van der Waals surface area contributed by atoms with E-state index in [-0.39, 0.29) is 11.4 Å². The largest absolute Gasteiger partial charge is 0.508 e. The highest BCUT2D eigenvalue weighted by Gasteiger charge is 2.59. The van der Waals surface area contributed by atoms with Crippen LogP contribution in [0.1, 0.15) is 39.2 Å². The number of aliphatic hydroxyl groups excluding tert-OH is 1. The van der Waals surface area contributed by atoms with E-state index in [1.165, 1.54) is 17.9 Å². The normalized spacial score (nSPS) is 24.3. The summed E-state index contributed by atoms with van der Waals surface area (Å²) in [6.45, 7) is 5.97. The van der Waals surface area contributed by atoms with Crippen LogP contribution >= 0.6 is 0 Å². The lowest BCUT2D eigenvalue weighted by Gasteiger charge is -2.47. The minimum Gasteiger partial charge on any atom is -0.508 e. The first-order valence-corrected chi connectivity index (χ1v) is 9.39. The van der Waals surface area contributed by atoms with Crippen LogP contribution in [0.5, 0.6) is 5.75 Å². The molecule has 1 aromatic carbocycles. The molecule has 0 aliphatic carbocycles. The smallest absolute Gasteiger partial charge is 0.357 e. The number of fused-ring (bicyclic) bond motifs is 1. The van der Waals surface area contributed by atoms with Crippen LogP contribution in [0.4, 0.5) is 0 Å². The van der Waals surface area contributed by atoms with Crippen molar-refractivity contribution in [3.05, 3.63) is 41.6 Å². The minimum atomic E-state index is -0.909. The number of benzene rings is 1. The molecular weight excluding hydrogens is 378 g/mol. The number of para-hydroxylation sites is 1. The lowest BCUT2D eigenvalue weighted by molar-refractivity contribution is -0.175. The van der Waals surface area contributed by atoms with Gasteiger partial charge in [0, 0.05) is 11.5 Å². The van der Waals surface area contributed by atoms with Crippen LogP contribution in [0, 0.1) is 11.3 Å². The summed E-state index contributed by atoms with van der Waals surface area (Å²) in [5, 5.41) is 20.2. The van der Waals surface area contributed by atoms with Gasteiger partial charge in [-0.2, -0.15) is 0 Å². The number of esters is 2. The van der Waals surface area contributed by atoms with Crippen LogP contribution in [0.25, 0.3) is 0 Å². The van der Waals surface area contributed by atoms with E-state index in [4.69, 9.17) is 9.47 Å². The molecule has 0 saturated carbocycles. The van der Waals surface area contributed by atoms with Gasteiger partial charge in [-0.25, -0.2) is 4.79 Å². The van der Waals surface area contributed by atoms with Gasteiger partial charge in [-0.1, -0.05) is 18.2 Å². The van der Waals surface area contributed by atoms with Gasteiger partial charge in [0.15, 0.2) is 0 Å². The Morgan fingerprint density at radius 1 is 1.21 bits per heavy atom. The Hall–Kier alpha value is -2.87. The van der Waals surface area contributed by atoms with E-state index in [2.05, 4.69) is 0 Å². The summed E-state index contributed by atoms with van der Waals surface area (Å²) in [6, 6.07) is 6.14. The summed E-state index contributed by atoms with van der Waals surface area (Å²) < 4.78 is 9.97. The van der Waals surface area contributed by atoms with Crippen molar-refractivity contribution in [1.29, 1.82) is 0 Å². The van der Waals surface area contributed by atoms with Crippen molar-refractivity contribution in [3.8, 4) is 5.75 Å². The maximum atomic E-state index is 12.5. The number of phenolic OH excluding ortho intramolecular Hbond substituents is 1. The molecule has 0 bridgehead atoms. The summed E-state index contributed by atoms with van der Waals surface area (Å²) in [5.41, 5.74) is -0.183. The van der Waals surface area contributed by atoms with Crippen LogP contribution in [0.2, 0.25) is 0 Å². The summed E-state index contributed by atoms with van der Waals surface area (Å²) in [5.74, 6) is -2.87. The third kappa shape index (κ3) is 3.72. The Morgan fingerprint density at radius 2 is 1.86 bits per heavy atom. The second kappa shape index (κ2) is 7.51.